The molecule has 0 aliphatic heterocycles. The van der Waals surface area contributed by atoms with E-state index in [4.69, 9.17) is 34.8 Å². The van der Waals surface area contributed by atoms with E-state index in [1.165, 1.54) is 10.6 Å². The molecule has 6 heteroatoms. The van der Waals surface area contributed by atoms with Gasteiger partial charge in [0.15, 0.2) is 0 Å². The smallest absolute Gasteiger partial charge is 0.256 e. The van der Waals surface area contributed by atoms with Gasteiger partial charge in [-0.15, -0.1) is 0 Å². The van der Waals surface area contributed by atoms with Crippen LogP contribution in [0.15, 0.2) is 71.5 Å². The lowest BCUT2D eigenvalue weighted by Crippen LogP contribution is -2.19. The minimum absolute atomic E-state index is 0.277. The van der Waals surface area contributed by atoms with E-state index in [9.17, 15) is 4.79 Å². The molecule has 0 aliphatic carbocycles. The van der Waals surface area contributed by atoms with E-state index in [1.807, 2.05) is 30.3 Å². The van der Waals surface area contributed by atoms with Crippen LogP contribution in [0.3, 0.4) is 0 Å². The molecule has 0 amide bonds. The third kappa shape index (κ3) is 2.88. The number of halogens is 3. The van der Waals surface area contributed by atoms with E-state index in [2.05, 4.69) is 4.98 Å². The van der Waals surface area contributed by atoms with Gasteiger partial charge >= 0.3 is 0 Å². The van der Waals surface area contributed by atoms with E-state index in [-0.39, 0.29) is 10.7 Å². The molecule has 0 saturated heterocycles. The summed E-state index contributed by atoms with van der Waals surface area (Å²) in [4.78, 5) is 17.1. The summed E-state index contributed by atoms with van der Waals surface area (Å²) in [6, 6.07) is 19.8. The fourth-order valence-electron chi connectivity index (χ4n) is 2.95. The molecule has 2 aromatic carbocycles. The van der Waals surface area contributed by atoms with Gasteiger partial charge in [0.1, 0.15) is 10.8 Å². The fraction of sp³-hybridized carbons (Fsp3) is 0. The molecule has 2 heterocycles. The topological polar surface area (TPSA) is 34.9 Å². The Balaban J connectivity index is 2.15. The van der Waals surface area contributed by atoms with Crippen molar-refractivity contribution in [2.45, 2.75) is 0 Å². The number of fused-ring (bicyclic) bond motifs is 1. The Morgan fingerprint density at radius 2 is 1.50 bits per heavy atom. The van der Waals surface area contributed by atoms with Gasteiger partial charge in [0, 0.05) is 11.5 Å². The van der Waals surface area contributed by atoms with Crippen LogP contribution in [0.1, 0.15) is 0 Å². The van der Waals surface area contributed by atoms with Crippen LogP contribution in [0.4, 0.5) is 0 Å². The SMILES string of the molecule is O=c1ccc2c(-c3ccccc3)cc(Cl)nc2n1-c1c(Cl)cccc1Cl. The van der Waals surface area contributed by atoms with E-state index < -0.39 is 0 Å². The molecule has 3 nitrogen and oxygen atoms in total. The fourth-order valence-corrected chi connectivity index (χ4v) is 3.71. The van der Waals surface area contributed by atoms with E-state index in [1.54, 1.807) is 30.3 Å². The Kier molecular flexibility index (Phi) is 4.45. The first-order valence-electron chi connectivity index (χ1n) is 7.78. The highest BCUT2D eigenvalue weighted by Gasteiger charge is 2.16. The summed E-state index contributed by atoms with van der Waals surface area (Å²) in [7, 11) is 0. The Bertz CT molecular complexity index is 1170. The van der Waals surface area contributed by atoms with Gasteiger partial charge in [0.2, 0.25) is 0 Å². The molecule has 128 valence electrons. The van der Waals surface area contributed by atoms with E-state index in [0.29, 0.717) is 21.4 Å². The second-order valence-electron chi connectivity index (χ2n) is 5.67. The molecule has 0 aliphatic rings. The lowest BCUT2D eigenvalue weighted by atomic mass is 10.0. The van der Waals surface area contributed by atoms with E-state index >= 15 is 0 Å². The van der Waals surface area contributed by atoms with Crippen LogP contribution < -0.4 is 5.56 Å². The summed E-state index contributed by atoms with van der Waals surface area (Å²) < 4.78 is 1.40. The number of pyridine rings is 2. The highest BCUT2D eigenvalue weighted by atomic mass is 35.5. The number of aromatic nitrogens is 2. The molecule has 4 rings (SSSR count). The molecule has 2 aromatic heterocycles. The Hall–Kier alpha value is -2.33. The molecule has 0 bridgehead atoms. The van der Waals surface area contributed by atoms with Crippen LogP contribution in [-0.4, -0.2) is 9.55 Å². The molecular formula is C20H11Cl3N2O. The first kappa shape index (κ1) is 17.1. The average Bonchev–Trinajstić information content (AvgIpc) is 2.63. The summed E-state index contributed by atoms with van der Waals surface area (Å²) in [5.41, 5.74) is 2.34. The number of para-hydroxylation sites is 1. The maximum atomic E-state index is 12.7. The molecule has 0 unspecified atom stereocenters. The van der Waals surface area contributed by atoms with Gasteiger partial charge in [-0.05, 0) is 35.4 Å². The van der Waals surface area contributed by atoms with Crippen LogP contribution >= 0.6 is 34.8 Å². The molecule has 0 atom stereocenters. The van der Waals surface area contributed by atoms with Gasteiger partial charge in [-0.2, -0.15) is 0 Å². The third-order valence-corrected chi connectivity index (χ3v) is 4.88. The maximum Gasteiger partial charge on any atom is 0.256 e. The second-order valence-corrected chi connectivity index (χ2v) is 6.87. The second kappa shape index (κ2) is 6.76. The van der Waals surface area contributed by atoms with Crippen molar-refractivity contribution in [1.29, 1.82) is 0 Å². The number of rotatable bonds is 2. The zero-order valence-electron chi connectivity index (χ0n) is 13.3. The van der Waals surface area contributed by atoms with Crippen LogP contribution in [0.2, 0.25) is 15.2 Å². The number of hydrogen-bond donors (Lipinski definition) is 0. The van der Waals surface area contributed by atoms with Crippen molar-refractivity contribution < 1.29 is 0 Å². The van der Waals surface area contributed by atoms with Crippen LogP contribution in [0.5, 0.6) is 0 Å². The minimum Gasteiger partial charge on any atom is -0.269 e. The summed E-state index contributed by atoms with van der Waals surface area (Å²) in [6.07, 6.45) is 0. The molecule has 26 heavy (non-hydrogen) atoms. The third-order valence-electron chi connectivity index (χ3n) is 4.08. The van der Waals surface area contributed by atoms with E-state index in [0.717, 1.165) is 16.5 Å². The quantitative estimate of drug-likeness (QED) is 0.385. The molecule has 0 spiro atoms. The van der Waals surface area contributed by atoms with Crippen molar-refractivity contribution in [3.05, 3.63) is 92.3 Å². The standard InChI is InChI=1S/C20H11Cl3N2O/c21-15-7-4-8-16(22)19(15)25-18(26)10-9-13-14(11-17(23)24-20(13)25)12-5-2-1-3-6-12/h1-11H. The minimum atomic E-state index is -0.290. The predicted octanol–water partition coefficient (Wildman–Crippen LogP) is 6.01. The molecule has 0 fully saturated rings. The van der Waals surface area contributed by atoms with Crippen molar-refractivity contribution >= 4 is 45.8 Å². The predicted molar refractivity (Wildman–Crippen MR) is 108 cm³/mol. The summed E-state index contributed by atoms with van der Waals surface area (Å²) in [5.74, 6) is 0. The number of nitrogens with zero attached hydrogens (tertiary/aromatic N) is 2. The number of hydrogen-bond acceptors (Lipinski definition) is 2. The van der Waals surface area contributed by atoms with Crippen molar-refractivity contribution in [1.82, 2.24) is 9.55 Å². The average molecular weight is 402 g/mol. The molecular weight excluding hydrogens is 391 g/mol. The van der Waals surface area contributed by atoms with Crippen molar-refractivity contribution in [3.8, 4) is 16.8 Å². The zero-order chi connectivity index (χ0) is 18.3. The summed E-state index contributed by atoms with van der Waals surface area (Å²) in [5, 5.41) is 1.76. The zero-order valence-corrected chi connectivity index (χ0v) is 15.6. The van der Waals surface area contributed by atoms with Gasteiger partial charge in [0.25, 0.3) is 5.56 Å². The van der Waals surface area contributed by atoms with Gasteiger partial charge in [-0.3, -0.25) is 9.36 Å². The lowest BCUT2D eigenvalue weighted by molar-refractivity contribution is 1.02. The van der Waals surface area contributed by atoms with Crippen LogP contribution in [0, 0.1) is 0 Å². The first-order chi connectivity index (χ1) is 12.6. The monoisotopic (exact) mass is 400 g/mol. The van der Waals surface area contributed by atoms with Crippen LogP contribution in [0.25, 0.3) is 27.8 Å². The van der Waals surface area contributed by atoms with Crippen molar-refractivity contribution in [2.24, 2.45) is 0 Å². The van der Waals surface area contributed by atoms with Gasteiger partial charge < -0.3 is 0 Å². The van der Waals surface area contributed by atoms with Gasteiger partial charge in [0.05, 0.1) is 15.7 Å². The Morgan fingerprint density at radius 1 is 0.808 bits per heavy atom. The largest absolute Gasteiger partial charge is 0.269 e. The normalized spacial score (nSPS) is 11.0. The van der Waals surface area contributed by atoms with Crippen LogP contribution in [-0.2, 0) is 0 Å². The van der Waals surface area contributed by atoms with Crippen molar-refractivity contribution in [3.63, 3.8) is 0 Å². The molecule has 0 N–H and O–H groups in total. The Labute approximate surface area is 164 Å². The first-order valence-corrected chi connectivity index (χ1v) is 8.92. The summed E-state index contributed by atoms with van der Waals surface area (Å²) >= 11 is 18.9. The van der Waals surface area contributed by atoms with Gasteiger partial charge in [-0.1, -0.05) is 71.2 Å². The summed E-state index contributed by atoms with van der Waals surface area (Å²) in [6.45, 7) is 0. The molecule has 4 aromatic rings. The molecule has 0 saturated carbocycles. The maximum absolute atomic E-state index is 12.7. The highest BCUT2D eigenvalue weighted by molar-refractivity contribution is 6.38. The highest BCUT2D eigenvalue weighted by Crippen LogP contribution is 2.33. The Morgan fingerprint density at radius 3 is 2.19 bits per heavy atom. The number of benzene rings is 2. The van der Waals surface area contributed by atoms with Gasteiger partial charge in [-0.25, -0.2) is 4.98 Å². The molecule has 0 radical (unpaired) electrons. The van der Waals surface area contributed by atoms with Crippen molar-refractivity contribution in [2.75, 3.05) is 0 Å². The lowest BCUT2D eigenvalue weighted by Gasteiger charge is -2.15.